The molecular formula is C16H16N4O2. The second kappa shape index (κ2) is 5.85. The summed E-state index contributed by atoms with van der Waals surface area (Å²) < 4.78 is 7.19. The zero-order valence-electron chi connectivity index (χ0n) is 12.4. The van der Waals surface area contributed by atoms with Crippen molar-refractivity contribution in [2.45, 2.75) is 13.8 Å². The fraction of sp³-hybridized carbons (Fsp3) is 0.188. The van der Waals surface area contributed by atoms with Crippen LogP contribution in [0.25, 0.3) is 5.65 Å². The lowest BCUT2D eigenvalue weighted by atomic mass is 10.2. The number of benzene rings is 1. The Morgan fingerprint density at radius 2 is 2.14 bits per heavy atom. The molecule has 6 nitrogen and oxygen atoms in total. The summed E-state index contributed by atoms with van der Waals surface area (Å²) in [5, 5.41) is 6.98. The van der Waals surface area contributed by atoms with Crippen LogP contribution in [0, 0.1) is 6.92 Å². The van der Waals surface area contributed by atoms with Crippen molar-refractivity contribution in [1.29, 1.82) is 0 Å². The van der Waals surface area contributed by atoms with Gasteiger partial charge in [0, 0.05) is 11.8 Å². The summed E-state index contributed by atoms with van der Waals surface area (Å²) in [6.07, 6.45) is 1.65. The third-order valence-corrected chi connectivity index (χ3v) is 3.21. The number of nitrogens with one attached hydrogen (secondary N) is 1. The molecule has 3 rings (SSSR count). The summed E-state index contributed by atoms with van der Waals surface area (Å²) >= 11 is 0. The summed E-state index contributed by atoms with van der Waals surface area (Å²) in [5.41, 5.74) is 2.46. The molecule has 22 heavy (non-hydrogen) atoms. The predicted octanol–water partition coefficient (Wildman–Crippen LogP) is 2.69. The number of hydrogen-bond donors (Lipinski definition) is 1. The molecule has 0 aliphatic heterocycles. The topological polar surface area (TPSA) is 68.5 Å². The van der Waals surface area contributed by atoms with Gasteiger partial charge < -0.3 is 10.1 Å². The van der Waals surface area contributed by atoms with Crippen molar-refractivity contribution in [3.8, 4) is 5.75 Å². The number of carbonyl (C=O) groups excluding carboxylic acids is 1. The molecule has 0 atom stereocenters. The van der Waals surface area contributed by atoms with Gasteiger partial charge in [-0.05, 0) is 32.0 Å². The number of carbonyl (C=O) groups is 1. The molecule has 2 aromatic heterocycles. The molecule has 3 aromatic rings. The van der Waals surface area contributed by atoms with Gasteiger partial charge in [0.25, 0.3) is 5.91 Å². The minimum Gasteiger partial charge on any atom is -0.492 e. The average molecular weight is 296 g/mol. The second-order valence-corrected chi connectivity index (χ2v) is 4.77. The Labute approximate surface area is 127 Å². The zero-order valence-corrected chi connectivity index (χ0v) is 12.4. The molecule has 0 aliphatic carbocycles. The quantitative estimate of drug-likeness (QED) is 0.803. The highest BCUT2D eigenvalue weighted by molar-refractivity contribution is 6.04. The number of rotatable bonds is 4. The second-order valence-electron chi connectivity index (χ2n) is 4.77. The van der Waals surface area contributed by atoms with Gasteiger partial charge in [-0.2, -0.15) is 5.10 Å². The molecule has 0 spiro atoms. The lowest BCUT2D eigenvalue weighted by Gasteiger charge is -2.11. The van der Waals surface area contributed by atoms with Gasteiger partial charge in [0.15, 0.2) is 5.65 Å². The lowest BCUT2D eigenvalue weighted by molar-refractivity contribution is 0.102. The van der Waals surface area contributed by atoms with Crippen LogP contribution >= 0.6 is 0 Å². The van der Waals surface area contributed by atoms with Crippen LogP contribution in [0.5, 0.6) is 5.75 Å². The molecule has 1 amide bonds. The van der Waals surface area contributed by atoms with E-state index in [1.807, 2.05) is 32.0 Å². The first kappa shape index (κ1) is 14.1. The van der Waals surface area contributed by atoms with E-state index in [1.165, 1.54) is 0 Å². The Morgan fingerprint density at radius 3 is 2.95 bits per heavy atom. The fourth-order valence-electron chi connectivity index (χ4n) is 2.22. The molecule has 1 aromatic carbocycles. The highest BCUT2D eigenvalue weighted by Crippen LogP contribution is 2.24. The van der Waals surface area contributed by atoms with Gasteiger partial charge in [0.1, 0.15) is 11.4 Å². The van der Waals surface area contributed by atoms with E-state index in [2.05, 4.69) is 15.4 Å². The number of anilines is 1. The smallest absolute Gasteiger partial charge is 0.274 e. The van der Waals surface area contributed by atoms with Gasteiger partial charge in [0.2, 0.25) is 0 Å². The maximum absolute atomic E-state index is 12.4. The van der Waals surface area contributed by atoms with Crippen LogP contribution in [0.15, 0.2) is 42.6 Å². The van der Waals surface area contributed by atoms with Gasteiger partial charge in [-0.25, -0.2) is 9.50 Å². The molecule has 0 saturated heterocycles. The molecule has 2 heterocycles. The Balaban J connectivity index is 1.90. The van der Waals surface area contributed by atoms with Gasteiger partial charge >= 0.3 is 0 Å². The largest absolute Gasteiger partial charge is 0.492 e. The molecule has 112 valence electrons. The standard InChI is InChI=1S/C16H16N4O2/c1-3-22-14-7-5-4-6-12(14)19-16(21)13-10-11(2)20-15(18-13)8-9-17-20/h4-10H,3H2,1-2H3,(H,19,21). The maximum Gasteiger partial charge on any atom is 0.274 e. The summed E-state index contributed by atoms with van der Waals surface area (Å²) in [7, 11) is 0. The lowest BCUT2D eigenvalue weighted by Crippen LogP contribution is -2.16. The molecule has 0 bridgehead atoms. The molecular weight excluding hydrogens is 280 g/mol. The van der Waals surface area contributed by atoms with E-state index >= 15 is 0 Å². The van der Waals surface area contributed by atoms with Crippen molar-refractivity contribution in [2.75, 3.05) is 11.9 Å². The number of nitrogens with zero attached hydrogens (tertiary/aromatic N) is 3. The number of fused-ring (bicyclic) bond motifs is 1. The number of para-hydroxylation sites is 2. The first-order valence-electron chi connectivity index (χ1n) is 7.03. The third kappa shape index (κ3) is 2.63. The van der Waals surface area contributed by atoms with Gasteiger partial charge in [0.05, 0.1) is 18.5 Å². The number of aryl methyl sites for hydroxylation is 1. The van der Waals surface area contributed by atoms with Crippen LogP contribution in [-0.4, -0.2) is 27.1 Å². The van der Waals surface area contributed by atoms with E-state index in [-0.39, 0.29) is 5.91 Å². The summed E-state index contributed by atoms with van der Waals surface area (Å²) in [5.74, 6) is 0.361. The molecule has 0 fully saturated rings. The first-order valence-corrected chi connectivity index (χ1v) is 7.03. The highest BCUT2D eigenvalue weighted by Gasteiger charge is 2.13. The SMILES string of the molecule is CCOc1ccccc1NC(=O)c1cc(C)n2nccc2n1. The highest BCUT2D eigenvalue weighted by atomic mass is 16.5. The molecule has 0 radical (unpaired) electrons. The van der Waals surface area contributed by atoms with E-state index < -0.39 is 0 Å². The minimum atomic E-state index is -0.279. The minimum absolute atomic E-state index is 0.279. The van der Waals surface area contributed by atoms with Crippen molar-refractivity contribution in [3.63, 3.8) is 0 Å². The Bertz CT molecular complexity index is 826. The predicted molar refractivity (Wildman–Crippen MR) is 83.3 cm³/mol. The molecule has 0 saturated carbocycles. The van der Waals surface area contributed by atoms with Gasteiger partial charge in [-0.3, -0.25) is 4.79 Å². The Hall–Kier alpha value is -2.89. The normalized spacial score (nSPS) is 10.6. The third-order valence-electron chi connectivity index (χ3n) is 3.21. The van der Waals surface area contributed by atoms with E-state index in [4.69, 9.17) is 4.74 Å². The van der Waals surface area contributed by atoms with Gasteiger partial charge in [-0.15, -0.1) is 0 Å². The molecule has 0 unspecified atom stereocenters. The monoisotopic (exact) mass is 296 g/mol. The molecule has 6 heteroatoms. The Morgan fingerprint density at radius 1 is 1.32 bits per heavy atom. The van der Waals surface area contributed by atoms with Crippen molar-refractivity contribution >= 4 is 17.2 Å². The fourth-order valence-corrected chi connectivity index (χ4v) is 2.22. The van der Waals surface area contributed by atoms with E-state index in [9.17, 15) is 4.79 Å². The summed E-state index contributed by atoms with van der Waals surface area (Å²) in [6.45, 7) is 4.32. The van der Waals surface area contributed by atoms with Crippen LogP contribution in [0.1, 0.15) is 23.1 Å². The average Bonchev–Trinajstić information content (AvgIpc) is 2.98. The van der Waals surface area contributed by atoms with E-state index in [0.29, 0.717) is 29.4 Å². The molecule has 0 aliphatic rings. The van der Waals surface area contributed by atoms with Crippen molar-refractivity contribution in [3.05, 3.63) is 54.0 Å². The maximum atomic E-state index is 12.4. The number of hydrogen-bond acceptors (Lipinski definition) is 4. The van der Waals surface area contributed by atoms with Gasteiger partial charge in [-0.1, -0.05) is 12.1 Å². The van der Waals surface area contributed by atoms with Crippen LogP contribution in [0.4, 0.5) is 5.69 Å². The van der Waals surface area contributed by atoms with E-state index in [1.54, 1.807) is 28.9 Å². The van der Waals surface area contributed by atoms with Crippen LogP contribution in [0.2, 0.25) is 0 Å². The summed E-state index contributed by atoms with van der Waals surface area (Å²) in [6, 6.07) is 10.8. The zero-order chi connectivity index (χ0) is 15.5. The first-order chi connectivity index (χ1) is 10.7. The van der Waals surface area contributed by atoms with Crippen molar-refractivity contribution in [2.24, 2.45) is 0 Å². The van der Waals surface area contributed by atoms with E-state index in [0.717, 1.165) is 5.69 Å². The van der Waals surface area contributed by atoms with Crippen LogP contribution in [-0.2, 0) is 0 Å². The van der Waals surface area contributed by atoms with Crippen LogP contribution in [0.3, 0.4) is 0 Å². The molecule has 1 N–H and O–H groups in total. The van der Waals surface area contributed by atoms with Crippen LogP contribution < -0.4 is 10.1 Å². The van der Waals surface area contributed by atoms with Crippen molar-refractivity contribution in [1.82, 2.24) is 14.6 Å². The number of ether oxygens (including phenoxy) is 1. The number of amides is 1. The summed E-state index contributed by atoms with van der Waals surface area (Å²) in [4.78, 5) is 16.7. The van der Waals surface area contributed by atoms with Crippen molar-refractivity contribution < 1.29 is 9.53 Å². The Kier molecular flexibility index (Phi) is 3.74. The number of aromatic nitrogens is 3.